The molecule has 2 unspecified atom stereocenters. The topological polar surface area (TPSA) is 51.4 Å². The molecule has 1 aromatic rings. The Hall–Kier alpha value is -1.13. The summed E-state index contributed by atoms with van der Waals surface area (Å²) in [6.07, 6.45) is 4.21. The first-order valence-corrected chi connectivity index (χ1v) is 7.19. The van der Waals surface area contributed by atoms with Gasteiger partial charge in [-0.25, -0.2) is 4.98 Å². The summed E-state index contributed by atoms with van der Waals surface area (Å²) in [4.78, 5) is 7.07. The number of morpholine rings is 1. The van der Waals surface area contributed by atoms with Crippen LogP contribution in [0.3, 0.4) is 0 Å². The van der Waals surface area contributed by atoms with Gasteiger partial charge in [-0.05, 0) is 44.4 Å². The van der Waals surface area contributed by atoms with E-state index >= 15 is 0 Å². The van der Waals surface area contributed by atoms with Crippen LogP contribution in [-0.4, -0.2) is 36.8 Å². The normalized spacial score (nSPS) is 23.7. The first-order chi connectivity index (χ1) is 9.15. The van der Waals surface area contributed by atoms with Crippen molar-refractivity contribution in [3.63, 3.8) is 0 Å². The molecule has 0 amide bonds. The Balaban J connectivity index is 2.23. The van der Waals surface area contributed by atoms with E-state index in [2.05, 4.69) is 36.7 Å². The summed E-state index contributed by atoms with van der Waals surface area (Å²) in [6, 6.07) is 2.64. The highest BCUT2D eigenvalue weighted by molar-refractivity contribution is 5.49. The average molecular weight is 263 g/mol. The Kier molecular flexibility index (Phi) is 4.77. The fourth-order valence-corrected chi connectivity index (χ4v) is 2.67. The summed E-state index contributed by atoms with van der Waals surface area (Å²) in [5.41, 5.74) is 8.05. The van der Waals surface area contributed by atoms with Crippen molar-refractivity contribution in [2.45, 2.75) is 45.8 Å². The van der Waals surface area contributed by atoms with Crippen molar-refractivity contribution in [2.24, 2.45) is 5.73 Å². The van der Waals surface area contributed by atoms with Crippen LogP contribution in [0, 0.1) is 6.92 Å². The highest BCUT2D eigenvalue weighted by Crippen LogP contribution is 2.25. The predicted octanol–water partition coefficient (Wildman–Crippen LogP) is 1.89. The summed E-state index contributed by atoms with van der Waals surface area (Å²) in [5, 5.41) is 0. The third-order valence-electron chi connectivity index (χ3n) is 3.75. The van der Waals surface area contributed by atoms with E-state index in [1.807, 2.05) is 6.20 Å². The van der Waals surface area contributed by atoms with Gasteiger partial charge >= 0.3 is 0 Å². The van der Waals surface area contributed by atoms with Crippen LogP contribution in [0.2, 0.25) is 0 Å². The van der Waals surface area contributed by atoms with E-state index in [-0.39, 0.29) is 6.10 Å². The molecule has 106 valence electrons. The Morgan fingerprint density at radius 3 is 2.95 bits per heavy atom. The minimum absolute atomic E-state index is 0.271. The van der Waals surface area contributed by atoms with E-state index in [1.54, 1.807) is 0 Å². The van der Waals surface area contributed by atoms with Crippen molar-refractivity contribution in [1.82, 2.24) is 4.98 Å². The third-order valence-corrected chi connectivity index (χ3v) is 3.75. The van der Waals surface area contributed by atoms with Crippen LogP contribution >= 0.6 is 0 Å². The molecular formula is C15H25N3O. The Morgan fingerprint density at radius 1 is 1.53 bits per heavy atom. The van der Waals surface area contributed by atoms with Crippen LogP contribution in [0.1, 0.15) is 31.4 Å². The molecule has 0 bridgehead atoms. The van der Waals surface area contributed by atoms with Gasteiger partial charge in [0.15, 0.2) is 0 Å². The molecule has 0 radical (unpaired) electrons. The predicted molar refractivity (Wildman–Crippen MR) is 78.6 cm³/mol. The minimum Gasteiger partial charge on any atom is -0.375 e. The number of anilines is 1. The summed E-state index contributed by atoms with van der Waals surface area (Å²) < 4.78 is 5.75. The highest BCUT2D eigenvalue weighted by Gasteiger charge is 2.27. The number of hydrogen-bond acceptors (Lipinski definition) is 4. The molecule has 2 rings (SSSR count). The molecule has 1 fully saturated rings. The molecule has 0 aliphatic carbocycles. The molecule has 2 atom stereocenters. The molecule has 2 heterocycles. The maximum atomic E-state index is 5.75. The summed E-state index contributed by atoms with van der Waals surface area (Å²) >= 11 is 0. The van der Waals surface area contributed by atoms with Crippen molar-refractivity contribution < 1.29 is 4.74 Å². The largest absolute Gasteiger partial charge is 0.375 e. The second kappa shape index (κ2) is 6.35. The van der Waals surface area contributed by atoms with Crippen molar-refractivity contribution in [2.75, 3.05) is 24.6 Å². The minimum atomic E-state index is 0.271. The SMILES string of the molecule is CCC1COC(C)CN1c1ncc(CCN)cc1C. The lowest BCUT2D eigenvalue weighted by Gasteiger charge is -2.39. The van der Waals surface area contributed by atoms with Crippen LogP contribution in [0.25, 0.3) is 0 Å². The zero-order valence-corrected chi connectivity index (χ0v) is 12.2. The van der Waals surface area contributed by atoms with Gasteiger partial charge in [0.1, 0.15) is 5.82 Å². The Morgan fingerprint density at radius 2 is 2.32 bits per heavy atom. The molecule has 1 saturated heterocycles. The lowest BCUT2D eigenvalue weighted by atomic mass is 10.1. The Labute approximate surface area is 116 Å². The second-order valence-corrected chi connectivity index (χ2v) is 5.38. The number of ether oxygens (including phenoxy) is 1. The molecule has 1 aliphatic heterocycles. The van der Waals surface area contributed by atoms with Gasteiger partial charge in [-0.2, -0.15) is 0 Å². The molecule has 1 aliphatic rings. The molecule has 0 spiro atoms. The molecule has 4 heteroatoms. The van der Waals surface area contributed by atoms with Crippen molar-refractivity contribution in [3.8, 4) is 0 Å². The number of aryl methyl sites for hydroxylation is 1. The fraction of sp³-hybridized carbons (Fsp3) is 0.667. The van der Waals surface area contributed by atoms with Gasteiger partial charge in [-0.15, -0.1) is 0 Å². The lowest BCUT2D eigenvalue weighted by molar-refractivity contribution is 0.0296. The lowest BCUT2D eigenvalue weighted by Crippen LogP contribution is -2.49. The highest BCUT2D eigenvalue weighted by atomic mass is 16.5. The van der Waals surface area contributed by atoms with Gasteiger partial charge in [-0.3, -0.25) is 0 Å². The second-order valence-electron chi connectivity index (χ2n) is 5.38. The Bertz CT molecular complexity index is 422. The van der Waals surface area contributed by atoms with E-state index in [0.717, 1.165) is 31.8 Å². The van der Waals surface area contributed by atoms with Gasteiger partial charge in [-0.1, -0.05) is 13.0 Å². The number of pyridine rings is 1. The average Bonchev–Trinajstić information content (AvgIpc) is 2.39. The molecule has 1 aromatic heterocycles. The number of nitrogens with two attached hydrogens (primary N) is 1. The van der Waals surface area contributed by atoms with Gasteiger partial charge in [0, 0.05) is 12.7 Å². The van der Waals surface area contributed by atoms with E-state index in [1.165, 1.54) is 11.1 Å². The van der Waals surface area contributed by atoms with Crippen molar-refractivity contribution in [3.05, 3.63) is 23.4 Å². The molecular weight excluding hydrogens is 238 g/mol. The number of hydrogen-bond donors (Lipinski definition) is 1. The van der Waals surface area contributed by atoms with Gasteiger partial charge in [0.05, 0.1) is 18.8 Å². The van der Waals surface area contributed by atoms with E-state index in [0.29, 0.717) is 12.6 Å². The van der Waals surface area contributed by atoms with Crippen LogP contribution in [0.15, 0.2) is 12.3 Å². The quantitative estimate of drug-likeness (QED) is 0.901. The summed E-state index contributed by atoms with van der Waals surface area (Å²) in [5.74, 6) is 1.10. The number of nitrogens with zero attached hydrogens (tertiary/aromatic N) is 2. The van der Waals surface area contributed by atoms with Crippen molar-refractivity contribution in [1.29, 1.82) is 0 Å². The van der Waals surface area contributed by atoms with Gasteiger partial charge < -0.3 is 15.4 Å². The zero-order chi connectivity index (χ0) is 13.8. The first kappa shape index (κ1) is 14.3. The fourth-order valence-electron chi connectivity index (χ4n) is 2.67. The molecule has 0 aromatic carbocycles. The van der Waals surface area contributed by atoms with E-state index < -0.39 is 0 Å². The third kappa shape index (κ3) is 3.25. The van der Waals surface area contributed by atoms with E-state index in [4.69, 9.17) is 10.5 Å². The molecule has 0 saturated carbocycles. The van der Waals surface area contributed by atoms with Crippen molar-refractivity contribution >= 4 is 5.82 Å². The first-order valence-electron chi connectivity index (χ1n) is 7.19. The maximum Gasteiger partial charge on any atom is 0.131 e. The van der Waals surface area contributed by atoms with Crippen LogP contribution in [0.4, 0.5) is 5.82 Å². The van der Waals surface area contributed by atoms with Gasteiger partial charge in [0.2, 0.25) is 0 Å². The molecule has 19 heavy (non-hydrogen) atoms. The van der Waals surface area contributed by atoms with Crippen LogP contribution in [0.5, 0.6) is 0 Å². The molecule has 2 N–H and O–H groups in total. The monoisotopic (exact) mass is 263 g/mol. The maximum absolute atomic E-state index is 5.75. The summed E-state index contributed by atoms with van der Waals surface area (Å²) in [6.45, 7) is 8.85. The summed E-state index contributed by atoms with van der Waals surface area (Å²) in [7, 11) is 0. The number of rotatable bonds is 4. The smallest absolute Gasteiger partial charge is 0.131 e. The number of aromatic nitrogens is 1. The van der Waals surface area contributed by atoms with Crippen LogP contribution < -0.4 is 10.6 Å². The standard InChI is InChI=1S/C15H25N3O/c1-4-14-10-19-12(3)9-18(14)15-11(2)7-13(5-6-16)8-17-15/h7-8,12,14H,4-6,9-10,16H2,1-3H3. The van der Waals surface area contributed by atoms with Crippen LogP contribution in [-0.2, 0) is 11.2 Å². The zero-order valence-electron chi connectivity index (χ0n) is 12.2. The van der Waals surface area contributed by atoms with E-state index in [9.17, 15) is 0 Å². The molecule has 4 nitrogen and oxygen atoms in total. The van der Waals surface area contributed by atoms with Gasteiger partial charge in [0.25, 0.3) is 0 Å².